The molecule has 0 aromatic carbocycles. The summed E-state index contributed by atoms with van der Waals surface area (Å²) in [6.45, 7) is 4.78. The van der Waals surface area contributed by atoms with Crippen LogP contribution in [0.3, 0.4) is 0 Å². The maximum atomic E-state index is 12.5. The molecule has 0 radical (unpaired) electrons. The number of hydrogen-bond acceptors (Lipinski definition) is 5. The molecule has 3 aliphatic rings. The number of hydrogen-bond donors (Lipinski definition) is 0. The summed E-state index contributed by atoms with van der Waals surface area (Å²) in [6.07, 6.45) is 3.22. The molecule has 1 aliphatic heterocycles. The third kappa shape index (κ3) is 1.69. The van der Waals surface area contributed by atoms with Gasteiger partial charge in [0.1, 0.15) is 0 Å². The standard InChI is InChI=1S/C16H21NO4/c1-11-3-4-15(10-17)5-6-16(20-7-8-21-16)13(15)14(11,2)12(19)9-18/h9,11,13H,3-8H2,1-2H3/t11-,13+,14+,15+/m1/s1. The Balaban J connectivity index is 2.16. The average Bonchev–Trinajstić information content (AvgIpc) is 3.10. The maximum absolute atomic E-state index is 12.5. The van der Waals surface area contributed by atoms with E-state index in [1.165, 1.54) is 0 Å². The number of carbonyl (C=O) groups is 2. The lowest BCUT2D eigenvalue weighted by atomic mass is 9.51. The molecule has 0 unspecified atom stereocenters. The Labute approximate surface area is 124 Å². The molecule has 21 heavy (non-hydrogen) atoms. The van der Waals surface area contributed by atoms with E-state index in [-0.39, 0.29) is 11.8 Å². The van der Waals surface area contributed by atoms with Gasteiger partial charge in [-0.3, -0.25) is 9.59 Å². The number of nitrogens with zero attached hydrogens (tertiary/aromatic N) is 1. The van der Waals surface area contributed by atoms with Crippen molar-refractivity contribution in [2.45, 2.75) is 45.3 Å². The third-order valence-electron chi connectivity index (χ3n) is 6.20. The van der Waals surface area contributed by atoms with Gasteiger partial charge in [0.15, 0.2) is 12.1 Å². The van der Waals surface area contributed by atoms with Crippen molar-refractivity contribution in [2.75, 3.05) is 13.2 Å². The zero-order valence-corrected chi connectivity index (χ0v) is 12.6. The third-order valence-corrected chi connectivity index (χ3v) is 6.20. The molecule has 1 spiro atoms. The van der Waals surface area contributed by atoms with Crippen molar-refractivity contribution in [2.24, 2.45) is 22.7 Å². The molecule has 5 heteroatoms. The first-order chi connectivity index (χ1) is 9.95. The number of rotatable bonds is 2. The van der Waals surface area contributed by atoms with Crippen molar-refractivity contribution >= 4 is 12.1 Å². The molecule has 0 aromatic heterocycles. The number of ketones is 1. The van der Waals surface area contributed by atoms with Crippen LogP contribution in [0.4, 0.5) is 0 Å². The lowest BCUT2D eigenvalue weighted by molar-refractivity contribution is -0.231. The molecule has 2 aliphatic carbocycles. The van der Waals surface area contributed by atoms with Crippen LogP contribution in [0.15, 0.2) is 0 Å². The van der Waals surface area contributed by atoms with Gasteiger partial charge in [0.05, 0.1) is 24.7 Å². The number of ether oxygens (including phenoxy) is 2. The van der Waals surface area contributed by atoms with E-state index < -0.39 is 22.4 Å². The molecule has 0 aromatic rings. The second-order valence-corrected chi connectivity index (χ2v) is 6.91. The first-order valence-electron chi connectivity index (χ1n) is 7.64. The van der Waals surface area contributed by atoms with Gasteiger partial charge in [-0.1, -0.05) is 13.8 Å². The molecule has 0 amide bonds. The van der Waals surface area contributed by atoms with Gasteiger partial charge < -0.3 is 9.47 Å². The van der Waals surface area contributed by atoms with Crippen LogP contribution in [0, 0.1) is 34.0 Å². The van der Waals surface area contributed by atoms with Gasteiger partial charge in [-0.15, -0.1) is 0 Å². The monoisotopic (exact) mass is 291 g/mol. The topological polar surface area (TPSA) is 76.4 Å². The van der Waals surface area contributed by atoms with Crippen LogP contribution in [-0.4, -0.2) is 31.1 Å². The van der Waals surface area contributed by atoms with E-state index in [0.717, 1.165) is 12.8 Å². The summed E-state index contributed by atoms with van der Waals surface area (Å²) in [4.78, 5) is 23.7. The molecule has 1 heterocycles. The summed E-state index contributed by atoms with van der Waals surface area (Å²) in [7, 11) is 0. The Bertz CT molecular complexity index is 519. The van der Waals surface area contributed by atoms with Crippen LogP contribution in [-0.2, 0) is 19.1 Å². The fourth-order valence-corrected chi connectivity index (χ4v) is 4.94. The van der Waals surface area contributed by atoms with Crippen LogP contribution in [0.1, 0.15) is 39.5 Å². The summed E-state index contributed by atoms with van der Waals surface area (Å²) in [5.41, 5.74) is -1.51. The van der Waals surface area contributed by atoms with Crippen LogP contribution in [0.25, 0.3) is 0 Å². The second kappa shape index (κ2) is 4.62. The Morgan fingerprint density at radius 1 is 1.29 bits per heavy atom. The summed E-state index contributed by atoms with van der Waals surface area (Å²) in [5, 5.41) is 9.81. The predicted octanol–water partition coefficient (Wildman–Crippen LogP) is 1.85. The molecule has 5 nitrogen and oxygen atoms in total. The smallest absolute Gasteiger partial charge is 0.201 e. The highest BCUT2D eigenvalue weighted by Crippen LogP contribution is 2.66. The molecule has 0 N–H and O–H groups in total. The quantitative estimate of drug-likeness (QED) is 0.573. The molecule has 114 valence electrons. The van der Waals surface area contributed by atoms with Crippen LogP contribution < -0.4 is 0 Å². The van der Waals surface area contributed by atoms with E-state index >= 15 is 0 Å². The Morgan fingerprint density at radius 3 is 2.52 bits per heavy atom. The minimum atomic E-state index is -0.892. The van der Waals surface area contributed by atoms with Crippen molar-refractivity contribution in [3.63, 3.8) is 0 Å². The molecular formula is C16H21NO4. The van der Waals surface area contributed by atoms with Gasteiger partial charge >= 0.3 is 0 Å². The molecule has 3 fully saturated rings. The largest absolute Gasteiger partial charge is 0.347 e. The van der Waals surface area contributed by atoms with Gasteiger partial charge in [-0.25, -0.2) is 0 Å². The number of Topliss-reactive ketones (excluding diaryl/α,β-unsaturated/α-hetero) is 1. The van der Waals surface area contributed by atoms with E-state index in [9.17, 15) is 14.9 Å². The van der Waals surface area contributed by atoms with Gasteiger partial charge in [-0.2, -0.15) is 5.26 Å². The minimum Gasteiger partial charge on any atom is -0.347 e. The first-order valence-corrected chi connectivity index (χ1v) is 7.64. The zero-order chi connectivity index (χ0) is 15.3. The normalized spacial score (nSPS) is 44.2. The van der Waals surface area contributed by atoms with Gasteiger partial charge in [0, 0.05) is 17.8 Å². The van der Waals surface area contributed by atoms with Crippen molar-refractivity contribution in [1.29, 1.82) is 5.26 Å². The number of nitriles is 1. The predicted molar refractivity (Wildman–Crippen MR) is 73.0 cm³/mol. The lowest BCUT2D eigenvalue weighted by Gasteiger charge is -2.52. The number of carbonyl (C=O) groups excluding carboxylic acids is 2. The molecule has 1 saturated heterocycles. The fourth-order valence-electron chi connectivity index (χ4n) is 4.94. The van der Waals surface area contributed by atoms with E-state index in [4.69, 9.17) is 9.47 Å². The molecule has 2 saturated carbocycles. The Kier molecular flexibility index (Phi) is 3.23. The van der Waals surface area contributed by atoms with E-state index in [0.29, 0.717) is 32.3 Å². The number of fused-ring (bicyclic) bond motifs is 2. The Morgan fingerprint density at radius 2 is 1.95 bits per heavy atom. The maximum Gasteiger partial charge on any atom is 0.201 e. The highest BCUT2D eigenvalue weighted by Gasteiger charge is 2.70. The highest BCUT2D eigenvalue weighted by atomic mass is 16.7. The molecule has 4 atom stereocenters. The van der Waals surface area contributed by atoms with Crippen molar-refractivity contribution in [3.8, 4) is 6.07 Å². The fraction of sp³-hybridized carbons (Fsp3) is 0.812. The van der Waals surface area contributed by atoms with Crippen LogP contribution in [0.2, 0.25) is 0 Å². The Hall–Kier alpha value is -1.25. The second-order valence-electron chi connectivity index (χ2n) is 6.91. The van der Waals surface area contributed by atoms with Crippen molar-refractivity contribution in [1.82, 2.24) is 0 Å². The minimum absolute atomic E-state index is 0.0319. The van der Waals surface area contributed by atoms with Crippen molar-refractivity contribution < 1.29 is 19.1 Å². The van der Waals surface area contributed by atoms with Crippen LogP contribution in [0.5, 0.6) is 0 Å². The summed E-state index contributed by atoms with van der Waals surface area (Å²) >= 11 is 0. The SMILES string of the molecule is C[C@@H]1CC[C@@]2(C#N)CCC3(OCCO3)[C@H]2[C@]1(C)C(=O)C=O. The number of aldehydes is 1. The average molecular weight is 291 g/mol. The van der Waals surface area contributed by atoms with E-state index in [1.54, 1.807) is 0 Å². The highest BCUT2D eigenvalue weighted by molar-refractivity contribution is 6.27. The van der Waals surface area contributed by atoms with E-state index in [1.807, 2.05) is 13.8 Å². The summed E-state index contributed by atoms with van der Waals surface area (Å²) in [6, 6.07) is 2.46. The van der Waals surface area contributed by atoms with E-state index in [2.05, 4.69) is 6.07 Å². The molecule has 0 bridgehead atoms. The van der Waals surface area contributed by atoms with Gasteiger partial charge in [-0.05, 0) is 25.2 Å². The van der Waals surface area contributed by atoms with Crippen LogP contribution >= 0.6 is 0 Å². The first kappa shape index (κ1) is 14.7. The molecule has 3 rings (SSSR count). The molecular weight excluding hydrogens is 270 g/mol. The lowest BCUT2D eigenvalue weighted by Crippen LogP contribution is -2.58. The van der Waals surface area contributed by atoms with Crippen molar-refractivity contribution in [3.05, 3.63) is 0 Å². The summed E-state index contributed by atoms with van der Waals surface area (Å²) in [5.74, 6) is -1.63. The summed E-state index contributed by atoms with van der Waals surface area (Å²) < 4.78 is 11.8. The van der Waals surface area contributed by atoms with Gasteiger partial charge in [0.25, 0.3) is 0 Å². The zero-order valence-electron chi connectivity index (χ0n) is 12.6. The van der Waals surface area contributed by atoms with Gasteiger partial charge in [0.2, 0.25) is 5.78 Å².